The first-order valence-electron chi connectivity index (χ1n) is 10.6. The normalized spacial score (nSPS) is 16.5. The summed E-state index contributed by atoms with van der Waals surface area (Å²) < 4.78 is 5.68. The highest BCUT2D eigenvalue weighted by atomic mass is 16.5. The number of nitrogens with zero attached hydrogens (tertiary/aromatic N) is 4. The molecule has 1 N–H and O–H groups in total. The van der Waals surface area contributed by atoms with E-state index in [1.165, 1.54) is 16.7 Å². The van der Waals surface area contributed by atoms with Gasteiger partial charge in [-0.1, -0.05) is 36.4 Å². The molecule has 2 aromatic carbocycles. The number of pyridine rings is 1. The quantitative estimate of drug-likeness (QED) is 0.490. The van der Waals surface area contributed by atoms with Crippen molar-refractivity contribution in [1.82, 2.24) is 25.1 Å². The largest absolute Gasteiger partial charge is 0.496 e. The molecular weight excluding hydrogens is 386 g/mol. The van der Waals surface area contributed by atoms with Crippen LogP contribution in [-0.4, -0.2) is 38.7 Å². The van der Waals surface area contributed by atoms with E-state index >= 15 is 0 Å². The highest BCUT2D eigenvalue weighted by Gasteiger charge is 2.29. The monoisotopic (exact) mass is 411 g/mol. The zero-order valence-corrected chi connectivity index (χ0v) is 17.5. The summed E-state index contributed by atoms with van der Waals surface area (Å²) in [6.45, 7) is 1.82. The molecule has 0 amide bonds. The summed E-state index contributed by atoms with van der Waals surface area (Å²) in [7, 11) is 1.74. The molecule has 1 atom stereocenters. The van der Waals surface area contributed by atoms with E-state index in [0.29, 0.717) is 5.82 Å². The van der Waals surface area contributed by atoms with E-state index in [9.17, 15) is 0 Å². The Morgan fingerprint density at radius 1 is 1.03 bits per heavy atom. The maximum atomic E-state index is 5.68. The first kappa shape index (κ1) is 19.5. The molecule has 4 aromatic rings. The summed E-state index contributed by atoms with van der Waals surface area (Å²) in [5, 5.41) is 7.60. The van der Waals surface area contributed by atoms with Crippen LogP contribution in [0.5, 0.6) is 5.75 Å². The highest BCUT2D eigenvalue weighted by Crippen LogP contribution is 2.35. The average molecular weight is 412 g/mol. The van der Waals surface area contributed by atoms with Gasteiger partial charge in [0.05, 0.1) is 13.2 Å². The van der Waals surface area contributed by atoms with Crippen molar-refractivity contribution < 1.29 is 4.74 Å². The molecule has 31 heavy (non-hydrogen) atoms. The van der Waals surface area contributed by atoms with Gasteiger partial charge in [0.1, 0.15) is 11.6 Å². The molecule has 1 fully saturated rings. The summed E-state index contributed by atoms with van der Waals surface area (Å²) in [5.74, 6) is 2.52. The lowest BCUT2D eigenvalue weighted by Crippen LogP contribution is -2.24. The molecule has 3 heterocycles. The third-order valence-corrected chi connectivity index (χ3v) is 5.86. The zero-order valence-electron chi connectivity index (χ0n) is 17.5. The van der Waals surface area contributed by atoms with Gasteiger partial charge in [-0.25, -0.2) is 4.98 Å². The van der Waals surface area contributed by atoms with Gasteiger partial charge < -0.3 is 4.74 Å². The molecule has 0 aliphatic carbocycles. The maximum absolute atomic E-state index is 5.68. The third kappa shape index (κ3) is 4.07. The van der Waals surface area contributed by atoms with Crippen LogP contribution in [0.25, 0.3) is 22.5 Å². The number of nitrogens with one attached hydrogen (secondary N) is 1. The van der Waals surface area contributed by atoms with Gasteiger partial charge in [-0.2, -0.15) is 5.10 Å². The van der Waals surface area contributed by atoms with Gasteiger partial charge in [0, 0.05) is 30.1 Å². The smallest absolute Gasteiger partial charge is 0.182 e. The Kier molecular flexibility index (Phi) is 5.46. The molecule has 156 valence electrons. The van der Waals surface area contributed by atoms with Crippen molar-refractivity contribution in [3.05, 3.63) is 84.4 Å². The molecule has 1 aliphatic rings. The number of ether oxygens (including phenoxy) is 1. The molecule has 0 saturated carbocycles. The van der Waals surface area contributed by atoms with Crippen molar-refractivity contribution in [3.8, 4) is 28.3 Å². The number of rotatable bonds is 6. The predicted molar refractivity (Wildman–Crippen MR) is 120 cm³/mol. The standard InChI is InChI=1S/C25H25N5O/c1-31-23-12-11-19(18-7-3-2-4-8-18)15-21(23)17-30-14-6-10-22(30)25-27-24(28-29-25)20-9-5-13-26-16-20/h2-5,7-9,11-13,15-16,22H,6,10,14,17H2,1H3,(H,27,28,29). The molecule has 2 aromatic heterocycles. The summed E-state index contributed by atoms with van der Waals surface area (Å²) >= 11 is 0. The van der Waals surface area contributed by atoms with Gasteiger partial charge in [0.2, 0.25) is 0 Å². The fraction of sp³-hybridized carbons (Fsp3) is 0.240. The van der Waals surface area contributed by atoms with Crippen molar-refractivity contribution in [2.24, 2.45) is 0 Å². The van der Waals surface area contributed by atoms with Crippen LogP contribution in [0.1, 0.15) is 30.3 Å². The molecule has 1 unspecified atom stereocenters. The molecule has 5 rings (SSSR count). The lowest BCUT2D eigenvalue weighted by atomic mass is 10.0. The van der Waals surface area contributed by atoms with E-state index in [-0.39, 0.29) is 6.04 Å². The number of aromatic amines is 1. The average Bonchev–Trinajstić information content (AvgIpc) is 3.50. The van der Waals surface area contributed by atoms with Crippen LogP contribution in [0.15, 0.2) is 73.1 Å². The van der Waals surface area contributed by atoms with Crippen LogP contribution in [-0.2, 0) is 6.54 Å². The SMILES string of the molecule is COc1ccc(-c2ccccc2)cc1CN1CCCC1c1nc(-c2cccnc2)n[nH]1. The minimum Gasteiger partial charge on any atom is -0.496 e. The predicted octanol–water partition coefficient (Wildman–Crippen LogP) is 4.88. The Labute approximate surface area is 181 Å². The van der Waals surface area contributed by atoms with Gasteiger partial charge >= 0.3 is 0 Å². The van der Waals surface area contributed by atoms with Crippen LogP contribution in [0.4, 0.5) is 0 Å². The molecule has 0 radical (unpaired) electrons. The van der Waals surface area contributed by atoms with Crippen molar-refractivity contribution in [1.29, 1.82) is 0 Å². The van der Waals surface area contributed by atoms with E-state index in [4.69, 9.17) is 9.72 Å². The zero-order chi connectivity index (χ0) is 21.0. The number of hydrogen-bond acceptors (Lipinski definition) is 5. The van der Waals surface area contributed by atoms with Crippen molar-refractivity contribution in [3.63, 3.8) is 0 Å². The Bertz CT molecular complexity index is 1140. The third-order valence-electron chi connectivity index (χ3n) is 5.86. The Morgan fingerprint density at radius 2 is 1.90 bits per heavy atom. The molecule has 1 aliphatic heterocycles. The number of aromatic nitrogens is 4. The summed E-state index contributed by atoms with van der Waals surface area (Å²) in [6.07, 6.45) is 5.74. The van der Waals surface area contributed by atoms with Gasteiger partial charge in [-0.05, 0) is 54.8 Å². The Balaban J connectivity index is 1.40. The van der Waals surface area contributed by atoms with Crippen molar-refractivity contribution in [2.75, 3.05) is 13.7 Å². The van der Waals surface area contributed by atoms with E-state index in [1.807, 2.05) is 18.2 Å². The Morgan fingerprint density at radius 3 is 2.71 bits per heavy atom. The minimum atomic E-state index is 0.211. The van der Waals surface area contributed by atoms with Gasteiger partial charge in [-0.15, -0.1) is 0 Å². The number of methoxy groups -OCH3 is 1. The molecule has 6 heteroatoms. The second kappa shape index (κ2) is 8.70. The number of likely N-dealkylation sites (tertiary alicyclic amines) is 1. The van der Waals surface area contributed by atoms with Crippen LogP contribution in [0, 0.1) is 0 Å². The Hall–Kier alpha value is -3.51. The first-order valence-corrected chi connectivity index (χ1v) is 10.6. The fourth-order valence-electron chi connectivity index (χ4n) is 4.30. The van der Waals surface area contributed by atoms with Crippen LogP contribution >= 0.6 is 0 Å². The van der Waals surface area contributed by atoms with E-state index in [0.717, 1.165) is 43.1 Å². The lowest BCUT2D eigenvalue weighted by Gasteiger charge is -2.24. The van der Waals surface area contributed by atoms with Gasteiger partial charge in [0.15, 0.2) is 5.82 Å². The van der Waals surface area contributed by atoms with Gasteiger partial charge in [0.25, 0.3) is 0 Å². The first-order chi connectivity index (χ1) is 15.3. The second-order valence-corrected chi connectivity index (χ2v) is 7.81. The van der Waals surface area contributed by atoms with E-state index < -0.39 is 0 Å². The molecule has 6 nitrogen and oxygen atoms in total. The molecule has 0 spiro atoms. The van der Waals surface area contributed by atoms with Gasteiger partial charge in [-0.3, -0.25) is 15.0 Å². The topological polar surface area (TPSA) is 66.9 Å². The number of hydrogen-bond donors (Lipinski definition) is 1. The molecule has 0 bridgehead atoms. The summed E-state index contributed by atoms with van der Waals surface area (Å²) in [5.41, 5.74) is 4.51. The maximum Gasteiger partial charge on any atom is 0.182 e. The minimum absolute atomic E-state index is 0.211. The summed E-state index contributed by atoms with van der Waals surface area (Å²) in [4.78, 5) is 11.4. The second-order valence-electron chi connectivity index (χ2n) is 7.81. The highest BCUT2D eigenvalue weighted by molar-refractivity contribution is 5.65. The van der Waals surface area contributed by atoms with E-state index in [1.54, 1.807) is 19.5 Å². The number of H-pyrrole nitrogens is 1. The van der Waals surface area contributed by atoms with Crippen LogP contribution < -0.4 is 4.74 Å². The van der Waals surface area contributed by atoms with E-state index in [2.05, 4.69) is 62.5 Å². The van der Waals surface area contributed by atoms with Crippen molar-refractivity contribution >= 4 is 0 Å². The van der Waals surface area contributed by atoms with Crippen LogP contribution in [0.2, 0.25) is 0 Å². The molecule has 1 saturated heterocycles. The molecular formula is C25H25N5O. The number of benzene rings is 2. The summed E-state index contributed by atoms with van der Waals surface area (Å²) in [6, 6.07) is 21.0. The fourth-order valence-corrected chi connectivity index (χ4v) is 4.30. The lowest BCUT2D eigenvalue weighted by molar-refractivity contribution is 0.236. The van der Waals surface area contributed by atoms with Crippen LogP contribution in [0.3, 0.4) is 0 Å². The van der Waals surface area contributed by atoms with Crippen molar-refractivity contribution in [2.45, 2.75) is 25.4 Å².